The monoisotopic (exact) mass is 256 g/mol. The van der Waals surface area contributed by atoms with Gasteiger partial charge < -0.3 is 19.7 Å². The summed E-state index contributed by atoms with van der Waals surface area (Å²) in [6.07, 6.45) is 1.62. The lowest BCUT2D eigenvalue weighted by Gasteiger charge is -2.53. The SMILES string of the molecule is CCO[C@@H]1[C@H](O)C[C@@]2(O)[C@H](C)[C@@H]3CC[C@@H](O3)[C@@]12C. The Morgan fingerprint density at radius 2 is 2.11 bits per heavy atom. The fraction of sp³-hybridized carbons (Fsp3) is 1.00. The first-order chi connectivity index (χ1) is 8.45. The van der Waals surface area contributed by atoms with E-state index in [0.29, 0.717) is 13.0 Å². The van der Waals surface area contributed by atoms with Crippen LogP contribution in [0.2, 0.25) is 0 Å². The third-order valence-electron chi connectivity index (χ3n) is 5.77. The number of aliphatic hydroxyl groups is 2. The largest absolute Gasteiger partial charge is 0.390 e. The summed E-state index contributed by atoms with van der Waals surface area (Å²) < 4.78 is 11.8. The molecule has 104 valence electrons. The Hall–Kier alpha value is -0.160. The predicted molar refractivity (Wildman–Crippen MR) is 66.2 cm³/mol. The van der Waals surface area contributed by atoms with E-state index in [1.807, 2.05) is 20.8 Å². The van der Waals surface area contributed by atoms with Crippen LogP contribution in [0, 0.1) is 11.3 Å². The van der Waals surface area contributed by atoms with Crippen molar-refractivity contribution in [2.75, 3.05) is 6.61 Å². The zero-order chi connectivity index (χ0) is 13.1. The Morgan fingerprint density at radius 3 is 2.78 bits per heavy atom. The summed E-state index contributed by atoms with van der Waals surface area (Å²) in [7, 11) is 0. The average molecular weight is 256 g/mol. The van der Waals surface area contributed by atoms with Crippen LogP contribution < -0.4 is 0 Å². The molecule has 0 aromatic heterocycles. The third-order valence-corrected chi connectivity index (χ3v) is 5.77. The summed E-state index contributed by atoms with van der Waals surface area (Å²) in [5.74, 6) is 0.0568. The van der Waals surface area contributed by atoms with Gasteiger partial charge in [-0.25, -0.2) is 0 Å². The summed E-state index contributed by atoms with van der Waals surface area (Å²) in [5, 5.41) is 21.5. The molecule has 2 heterocycles. The van der Waals surface area contributed by atoms with Crippen molar-refractivity contribution in [2.45, 2.75) is 70.1 Å². The third kappa shape index (κ3) is 1.30. The van der Waals surface area contributed by atoms with Gasteiger partial charge >= 0.3 is 0 Å². The number of ether oxygens (including phenoxy) is 2. The fourth-order valence-electron chi connectivity index (χ4n) is 4.67. The Kier molecular flexibility index (Phi) is 2.80. The minimum absolute atomic E-state index is 0.0115. The van der Waals surface area contributed by atoms with Crippen LogP contribution in [-0.4, -0.2) is 46.8 Å². The molecule has 1 saturated carbocycles. The molecule has 2 N–H and O–H groups in total. The quantitative estimate of drug-likeness (QED) is 0.776. The molecule has 7 atom stereocenters. The number of hydrogen-bond acceptors (Lipinski definition) is 4. The Morgan fingerprint density at radius 1 is 1.39 bits per heavy atom. The number of hydrogen-bond donors (Lipinski definition) is 2. The lowest BCUT2D eigenvalue weighted by Crippen LogP contribution is -2.63. The second-order valence-corrected chi connectivity index (χ2v) is 6.38. The Bertz CT molecular complexity index is 347. The molecule has 0 radical (unpaired) electrons. The van der Waals surface area contributed by atoms with Crippen LogP contribution >= 0.6 is 0 Å². The predicted octanol–water partition coefficient (Wildman–Crippen LogP) is 1.09. The van der Waals surface area contributed by atoms with Crippen LogP contribution in [0.15, 0.2) is 0 Å². The van der Waals surface area contributed by atoms with Gasteiger partial charge in [0.1, 0.15) is 0 Å². The molecule has 2 saturated heterocycles. The van der Waals surface area contributed by atoms with Gasteiger partial charge in [-0.15, -0.1) is 0 Å². The van der Waals surface area contributed by atoms with Crippen LogP contribution in [0.25, 0.3) is 0 Å². The lowest BCUT2D eigenvalue weighted by atomic mass is 9.64. The van der Waals surface area contributed by atoms with E-state index in [1.54, 1.807) is 0 Å². The van der Waals surface area contributed by atoms with E-state index in [0.717, 1.165) is 12.8 Å². The van der Waals surface area contributed by atoms with E-state index in [2.05, 4.69) is 0 Å². The summed E-state index contributed by atoms with van der Waals surface area (Å²) >= 11 is 0. The van der Waals surface area contributed by atoms with Crippen LogP contribution in [0.1, 0.15) is 40.0 Å². The van der Waals surface area contributed by atoms with Crippen molar-refractivity contribution in [3.8, 4) is 0 Å². The van der Waals surface area contributed by atoms with Crippen LogP contribution in [0.5, 0.6) is 0 Å². The highest BCUT2D eigenvalue weighted by molar-refractivity contribution is 5.20. The minimum atomic E-state index is -0.865. The molecule has 0 spiro atoms. The van der Waals surface area contributed by atoms with E-state index in [4.69, 9.17) is 9.47 Å². The summed E-state index contributed by atoms with van der Waals surface area (Å²) in [6.45, 7) is 6.56. The zero-order valence-electron chi connectivity index (χ0n) is 11.4. The van der Waals surface area contributed by atoms with Crippen molar-refractivity contribution >= 4 is 0 Å². The van der Waals surface area contributed by atoms with Gasteiger partial charge in [0.15, 0.2) is 0 Å². The number of fused-ring (bicyclic) bond motifs is 4. The highest BCUT2D eigenvalue weighted by atomic mass is 16.5. The molecule has 2 aliphatic heterocycles. The Balaban J connectivity index is 2.04. The maximum absolute atomic E-state index is 11.2. The van der Waals surface area contributed by atoms with E-state index in [9.17, 15) is 10.2 Å². The highest BCUT2D eigenvalue weighted by Crippen LogP contribution is 2.61. The van der Waals surface area contributed by atoms with Gasteiger partial charge in [0, 0.05) is 18.9 Å². The van der Waals surface area contributed by atoms with Crippen molar-refractivity contribution < 1.29 is 19.7 Å². The van der Waals surface area contributed by atoms with Gasteiger partial charge in [0.2, 0.25) is 0 Å². The van der Waals surface area contributed by atoms with Gasteiger partial charge in [0.25, 0.3) is 0 Å². The molecule has 3 aliphatic rings. The molecule has 0 aromatic carbocycles. The van der Waals surface area contributed by atoms with Gasteiger partial charge in [-0.3, -0.25) is 0 Å². The highest BCUT2D eigenvalue weighted by Gasteiger charge is 2.71. The molecular formula is C14H24O4. The van der Waals surface area contributed by atoms with Gasteiger partial charge in [-0.05, 0) is 19.8 Å². The first-order valence-electron chi connectivity index (χ1n) is 7.12. The van der Waals surface area contributed by atoms with Crippen LogP contribution in [0.4, 0.5) is 0 Å². The van der Waals surface area contributed by atoms with Crippen molar-refractivity contribution in [3.63, 3.8) is 0 Å². The normalized spacial score (nSPS) is 58.8. The molecule has 4 nitrogen and oxygen atoms in total. The molecule has 18 heavy (non-hydrogen) atoms. The molecule has 1 aliphatic carbocycles. The molecule has 4 heteroatoms. The summed E-state index contributed by atoms with van der Waals surface area (Å²) in [4.78, 5) is 0. The maximum atomic E-state index is 11.2. The zero-order valence-corrected chi connectivity index (χ0v) is 11.4. The standard InChI is InChI=1S/C14H24O4/c1-4-17-12-9(15)7-14(16)8(2)10-5-6-11(18-10)13(12,14)3/h8-12,15-16H,4-7H2,1-3H3/t8-,9-,10+,11-,12-,13+,14-/m1/s1. The van der Waals surface area contributed by atoms with E-state index >= 15 is 0 Å². The summed E-state index contributed by atoms with van der Waals surface area (Å²) in [6, 6.07) is 0. The van der Waals surface area contributed by atoms with Gasteiger partial charge in [-0.1, -0.05) is 13.8 Å². The molecular weight excluding hydrogens is 232 g/mol. The average Bonchev–Trinajstić information content (AvgIpc) is 2.86. The van der Waals surface area contributed by atoms with Crippen molar-refractivity contribution in [2.24, 2.45) is 11.3 Å². The topological polar surface area (TPSA) is 58.9 Å². The smallest absolute Gasteiger partial charge is 0.0940 e. The molecule has 2 bridgehead atoms. The van der Waals surface area contributed by atoms with Crippen molar-refractivity contribution in [1.29, 1.82) is 0 Å². The molecule has 0 aromatic rings. The first-order valence-corrected chi connectivity index (χ1v) is 7.12. The Labute approximate surface area is 108 Å². The second-order valence-electron chi connectivity index (χ2n) is 6.38. The van der Waals surface area contributed by atoms with Crippen LogP contribution in [-0.2, 0) is 9.47 Å². The van der Waals surface area contributed by atoms with Crippen LogP contribution in [0.3, 0.4) is 0 Å². The molecule has 0 amide bonds. The lowest BCUT2D eigenvalue weighted by molar-refractivity contribution is -0.249. The van der Waals surface area contributed by atoms with E-state index in [-0.39, 0.29) is 24.2 Å². The van der Waals surface area contributed by atoms with Gasteiger partial charge in [-0.2, -0.15) is 0 Å². The van der Waals surface area contributed by atoms with E-state index < -0.39 is 17.1 Å². The maximum Gasteiger partial charge on any atom is 0.0940 e. The summed E-state index contributed by atoms with van der Waals surface area (Å²) in [5.41, 5.74) is -1.36. The molecule has 0 unspecified atom stereocenters. The number of rotatable bonds is 2. The van der Waals surface area contributed by atoms with Crippen molar-refractivity contribution in [3.05, 3.63) is 0 Å². The molecule has 3 rings (SSSR count). The minimum Gasteiger partial charge on any atom is -0.390 e. The second kappa shape index (κ2) is 3.92. The fourth-order valence-corrected chi connectivity index (χ4v) is 4.67. The number of aliphatic hydroxyl groups excluding tert-OH is 1. The van der Waals surface area contributed by atoms with E-state index in [1.165, 1.54) is 0 Å². The first kappa shape index (κ1) is 12.9. The molecule has 3 fully saturated rings. The van der Waals surface area contributed by atoms with Crippen molar-refractivity contribution in [1.82, 2.24) is 0 Å². The van der Waals surface area contributed by atoms with Gasteiger partial charge in [0.05, 0.1) is 35.4 Å².